The van der Waals surface area contributed by atoms with E-state index >= 15 is 0 Å². The molecule has 1 saturated heterocycles. The Morgan fingerprint density at radius 2 is 2.39 bits per heavy atom. The van der Waals surface area contributed by atoms with Crippen molar-refractivity contribution < 1.29 is 5.11 Å². The van der Waals surface area contributed by atoms with E-state index in [0.29, 0.717) is 18.6 Å². The van der Waals surface area contributed by atoms with Gasteiger partial charge in [-0.15, -0.1) is 0 Å². The number of hydrogen-bond donors (Lipinski definition) is 2. The van der Waals surface area contributed by atoms with Gasteiger partial charge in [0, 0.05) is 30.4 Å². The molecule has 2 rings (SSSR count). The monoisotopic (exact) mass is 252 g/mol. The number of aliphatic hydroxyl groups excluding tert-OH is 1. The lowest BCUT2D eigenvalue weighted by Gasteiger charge is -2.35. The summed E-state index contributed by atoms with van der Waals surface area (Å²) in [5, 5.41) is 16.6. The molecule has 2 N–H and O–H groups in total. The van der Waals surface area contributed by atoms with Crippen LogP contribution in [0.2, 0.25) is 0 Å². The number of hydrogen-bond acceptors (Lipinski definition) is 4. The molecule has 1 aliphatic heterocycles. The first-order valence-electron chi connectivity index (χ1n) is 6.75. The lowest BCUT2D eigenvalue weighted by molar-refractivity contribution is 0.168. The highest BCUT2D eigenvalue weighted by atomic mass is 16.3. The smallest absolute Gasteiger partial charge is 0.0640 e. The summed E-state index contributed by atoms with van der Waals surface area (Å²) in [6, 6.07) is 1.27. The molecule has 2 unspecified atom stereocenters. The van der Waals surface area contributed by atoms with Crippen molar-refractivity contribution >= 4 is 0 Å². The SMILES string of the molecule is CC1CC(NCc2cnn(CCO)c2)CCN1C. The summed E-state index contributed by atoms with van der Waals surface area (Å²) in [5.41, 5.74) is 1.19. The fourth-order valence-electron chi connectivity index (χ4n) is 2.46. The number of aliphatic hydroxyl groups is 1. The molecule has 0 amide bonds. The topological polar surface area (TPSA) is 53.3 Å². The third kappa shape index (κ3) is 3.54. The molecular weight excluding hydrogens is 228 g/mol. The van der Waals surface area contributed by atoms with E-state index in [-0.39, 0.29) is 6.61 Å². The van der Waals surface area contributed by atoms with E-state index in [1.54, 1.807) is 4.68 Å². The number of piperidine rings is 1. The molecule has 1 aromatic heterocycles. The minimum absolute atomic E-state index is 0.140. The third-order valence-corrected chi connectivity index (χ3v) is 3.82. The van der Waals surface area contributed by atoms with Crippen LogP contribution in [0.1, 0.15) is 25.3 Å². The molecule has 1 fully saturated rings. The summed E-state index contributed by atoms with van der Waals surface area (Å²) < 4.78 is 1.79. The van der Waals surface area contributed by atoms with Crippen molar-refractivity contribution in [3.8, 4) is 0 Å². The summed E-state index contributed by atoms with van der Waals surface area (Å²) in [6.45, 7) is 5.04. The van der Waals surface area contributed by atoms with E-state index in [0.717, 1.165) is 6.54 Å². The van der Waals surface area contributed by atoms with Crippen LogP contribution in [0.15, 0.2) is 12.4 Å². The summed E-state index contributed by atoms with van der Waals surface area (Å²) in [7, 11) is 2.19. The number of likely N-dealkylation sites (tertiary alicyclic amines) is 1. The van der Waals surface area contributed by atoms with Crippen LogP contribution in [0.5, 0.6) is 0 Å². The van der Waals surface area contributed by atoms with Crippen LogP contribution < -0.4 is 5.32 Å². The minimum Gasteiger partial charge on any atom is -0.394 e. The molecule has 0 radical (unpaired) electrons. The number of nitrogens with zero attached hydrogens (tertiary/aromatic N) is 3. The van der Waals surface area contributed by atoms with Crippen LogP contribution in [0.3, 0.4) is 0 Å². The highest BCUT2D eigenvalue weighted by Crippen LogP contribution is 2.15. The van der Waals surface area contributed by atoms with Crippen LogP contribution in [0, 0.1) is 0 Å². The van der Waals surface area contributed by atoms with Crippen molar-refractivity contribution in [2.45, 2.75) is 44.9 Å². The molecule has 0 spiro atoms. The highest BCUT2D eigenvalue weighted by molar-refractivity contribution is 5.03. The van der Waals surface area contributed by atoms with Gasteiger partial charge in [0.1, 0.15) is 0 Å². The first kappa shape index (κ1) is 13.5. The van der Waals surface area contributed by atoms with Gasteiger partial charge in [-0.1, -0.05) is 0 Å². The molecule has 5 heteroatoms. The summed E-state index contributed by atoms with van der Waals surface area (Å²) in [6.07, 6.45) is 6.30. The second kappa shape index (κ2) is 6.31. The van der Waals surface area contributed by atoms with E-state index in [1.165, 1.54) is 24.9 Å². The third-order valence-electron chi connectivity index (χ3n) is 3.82. The maximum atomic E-state index is 8.84. The average Bonchev–Trinajstić information content (AvgIpc) is 2.79. The Bertz CT molecular complexity index is 366. The molecule has 5 nitrogen and oxygen atoms in total. The fourth-order valence-corrected chi connectivity index (χ4v) is 2.46. The zero-order valence-corrected chi connectivity index (χ0v) is 11.3. The van der Waals surface area contributed by atoms with Gasteiger partial charge in [-0.05, 0) is 33.4 Å². The van der Waals surface area contributed by atoms with Crippen LogP contribution in [-0.2, 0) is 13.1 Å². The lowest BCUT2D eigenvalue weighted by Crippen LogP contribution is -2.45. The second-order valence-electron chi connectivity index (χ2n) is 5.27. The summed E-state index contributed by atoms with van der Waals surface area (Å²) in [4.78, 5) is 2.41. The predicted octanol–water partition coefficient (Wildman–Crippen LogP) is 0.448. The van der Waals surface area contributed by atoms with Crippen LogP contribution in [0.4, 0.5) is 0 Å². The number of aromatic nitrogens is 2. The van der Waals surface area contributed by atoms with E-state index in [9.17, 15) is 0 Å². The zero-order chi connectivity index (χ0) is 13.0. The average molecular weight is 252 g/mol. The van der Waals surface area contributed by atoms with Gasteiger partial charge in [0.05, 0.1) is 19.3 Å². The van der Waals surface area contributed by atoms with Gasteiger partial charge in [0.25, 0.3) is 0 Å². The van der Waals surface area contributed by atoms with Crippen molar-refractivity contribution in [2.24, 2.45) is 0 Å². The van der Waals surface area contributed by atoms with Gasteiger partial charge in [0.2, 0.25) is 0 Å². The maximum absolute atomic E-state index is 8.84. The molecule has 102 valence electrons. The molecule has 0 bridgehead atoms. The van der Waals surface area contributed by atoms with E-state index in [1.807, 2.05) is 12.4 Å². The highest BCUT2D eigenvalue weighted by Gasteiger charge is 2.22. The van der Waals surface area contributed by atoms with Crippen molar-refractivity contribution in [2.75, 3.05) is 20.2 Å². The minimum atomic E-state index is 0.140. The standard InChI is InChI=1S/C13H24N4O/c1-11-7-13(3-4-16(11)2)14-8-12-9-15-17(10-12)5-6-18/h9-11,13-14,18H,3-8H2,1-2H3. The van der Waals surface area contributed by atoms with Crippen molar-refractivity contribution in [3.05, 3.63) is 18.0 Å². The molecule has 0 aromatic carbocycles. The Labute approximate surface area is 109 Å². The summed E-state index contributed by atoms with van der Waals surface area (Å²) >= 11 is 0. The molecule has 1 aromatic rings. The van der Waals surface area contributed by atoms with E-state index < -0.39 is 0 Å². The molecule has 1 aliphatic rings. The van der Waals surface area contributed by atoms with Crippen molar-refractivity contribution in [1.82, 2.24) is 20.0 Å². The molecule has 2 atom stereocenters. The predicted molar refractivity (Wildman–Crippen MR) is 71.3 cm³/mol. The Hall–Kier alpha value is -0.910. The second-order valence-corrected chi connectivity index (χ2v) is 5.27. The number of nitrogens with one attached hydrogen (secondary N) is 1. The first-order chi connectivity index (χ1) is 8.69. The van der Waals surface area contributed by atoms with Crippen LogP contribution in [0.25, 0.3) is 0 Å². The molecule has 18 heavy (non-hydrogen) atoms. The fraction of sp³-hybridized carbons (Fsp3) is 0.769. The number of rotatable bonds is 5. The summed E-state index contributed by atoms with van der Waals surface area (Å²) in [5.74, 6) is 0. The van der Waals surface area contributed by atoms with E-state index in [4.69, 9.17) is 5.11 Å². The van der Waals surface area contributed by atoms with Gasteiger partial charge >= 0.3 is 0 Å². The quantitative estimate of drug-likeness (QED) is 0.799. The van der Waals surface area contributed by atoms with Crippen LogP contribution in [-0.4, -0.2) is 52.1 Å². The van der Waals surface area contributed by atoms with Gasteiger partial charge < -0.3 is 15.3 Å². The lowest BCUT2D eigenvalue weighted by atomic mass is 9.99. The molecule has 0 saturated carbocycles. The largest absolute Gasteiger partial charge is 0.394 e. The van der Waals surface area contributed by atoms with Gasteiger partial charge in [0.15, 0.2) is 0 Å². The van der Waals surface area contributed by atoms with Crippen molar-refractivity contribution in [3.63, 3.8) is 0 Å². The van der Waals surface area contributed by atoms with Gasteiger partial charge in [-0.2, -0.15) is 5.10 Å². The Kier molecular flexibility index (Phi) is 4.74. The Balaban J connectivity index is 1.77. The van der Waals surface area contributed by atoms with Gasteiger partial charge in [-0.3, -0.25) is 4.68 Å². The van der Waals surface area contributed by atoms with Crippen molar-refractivity contribution in [1.29, 1.82) is 0 Å². The Morgan fingerprint density at radius 1 is 1.56 bits per heavy atom. The first-order valence-corrected chi connectivity index (χ1v) is 6.75. The van der Waals surface area contributed by atoms with Gasteiger partial charge in [-0.25, -0.2) is 0 Å². The zero-order valence-electron chi connectivity index (χ0n) is 11.3. The molecule has 0 aliphatic carbocycles. The van der Waals surface area contributed by atoms with Crippen LogP contribution >= 0.6 is 0 Å². The Morgan fingerprint density at radius 3 is 3.11 bits per heavy atom. The molecule has 2 heterocycles. The van der Waals surface area contributed by atoms with E-state index in [2.05, 4.69) is 29.3 Å². The molecular formula is C13H24N4O. The maximum Gasteiger partial charge on any atom is 0.0640 e. The normalized spacial score (nSPS) is 25.5.